The average Bonchev–Trinajstić information content (AvgIpc) is 2.73. The molecule has 1 aromatic heterocycles. The largest absolute Gasteiger partial charge is 0.380 e. The lowest BCUT2D eigenvalue weighted by molar-refractivity contribution is 0.867. The molecule has 0 radical (unpaired) electrons. The SMILES string of the molecule is Cc1ncsc1CNc1ccc(C(C)C)cc1. The molecule has 0 atom stereocenters. The fraction of sp³-hybridized carbons (Fsp3) is 0.357. The Balaban J connectivity index is 1.98. The highest BCUT2D eigenvalue weighted by molar-refractivity contribution is 7.09. The van der Waals surface area contributed by atoms with Crippen LogP contribution < -0.4 is 5.32 Å². The van der Waals surface area contributed by atoms with Gasteiger partial charge in [-0.2, -0.15) is 0 Å². The number of hydrogen-bond donors (Lipinski definition) is 1. The van der Waals surface area contributed by atoms with E-state index in [9.17, 15) is 0 Å². The van der Waals surface area contributed by atoms with E-state index in [-0.39, 0.29) is 0 Å². The highest BCUT2D eigenvalue weighted by atomic mass is 32.1. The molecular weight excluding hydrogens is 228 g/mol. The molecule has 0 aliphatic heterocycles. The third kappa shape index (κ3) is 3.07. The molecule has 90 valence electrons. The highest BCUT2D eigenvalue weighted by Gasteiger charge is 2.02. The van der Waals surface area contributed by atoms with E-state index in [0.29, 0.717) is 5.92 Å². The number of aryl methyl sites for hydroxylation is 1. The highest BCUT2D eigenvalue weighted by Crippen LogP contribution is 2.19. The van der Waals surface area contributed by atoms with Crippen LogP contribution in [0, 0.1) is 6.92 Å². The molecule has 0 aliphatic carbocycles. The van der Waals surface area contributed by atoms with Crippen LogP contribution in [0.15, 0.2) is 29.8 Å². The minimum absolute atomic E-state index is 0.591. The molecule has 0 bridgehead atoms. The lowest BCUT2D eigenvalue weighted by Gasteiger charge is -2.08. The van der Waals surface area contributed by atoms with Gasteiger partial charge in [0.25, 0.3) is 0 Å². The molecule has 2 rings (SSSR count). The van der Waals surface area contributed by atoms with Gasteiger partial charge < -0.3 is 5.32 Å². The maximum absolute atomic E-state index is 4.24. The van der Waals surface area contributed by atoms with E-state index in [0.717, 1.165) is 12.2 Å². The van der Waals surface area contributed by atoms with E-state index in [1.54, 1.807) is 11.3 Å². The Kier molecular flexibility index (Phi) is 3.79. The van der Waals surface area contributed by atoms with Crippen molar-refractivity contribution in [3.05, 3.63) is 45.9 Å². The predicted molar refractivity (Wildman–Crippen MR) is 74.7 cm³/mol. The van der Waals surface area contributed by atoms with E-state index in [2.05, 4.69) is 55.3 Å². The van der Waals surface area contributed by atoms with Gasteiger partial charge in [-0.05, 0) is 30.5 Å². The van der Waals surface area contributed by atoms with Crippen molar-refractivity contribution in [1.29, 1.82) is 0 Å². The number of hydrogen-bond acceptors (Lipinski definition) is 3. The average molecular weight is 246 g/mol. The summed E-state index contributed by atoms with van der Waals surface area (Å²) in [5.74, 6) is 0.591. The van der Waals surface area contributed by atoms with Crippen molar-refractivity contribution in [1.82, 2.24) is 4.98 Å². The molecule has 0 unspecified atom stereocenters. The topological polar surface area (TPSA) is 24.9 Å². The second kappa shape index (κ2) is 5.32. The van der Waals surface area contributed by atoms with Crippen molar-refractivity contribution in [3.63, 3.8) is 0 Å². The zero-order valence-corrected chi connectivity index (χ0v) is 11.3. The van der Waals surface area contributed by atoms with Crippen molar-refractivity contribution < 1.29 is 0 Å². The first-order valence-electron chi connectivity index (χ1n) is 5.89. The summed E-state index contributed by atoms with van der Waals surface area (Å²) in [5.41, 5.74) is 5.57. The molecule has 0 fully saturated rings. The second-order valence-electron chi connectivity index (χ2n) is 4.49. The number of nitrogens with zero attached hydrogens (tertiary/aromatic N) is 1. The number of benzene rings is 1. The van der Waals surface area contributed by atoms with Gasteiger partial charge in [0.1, 0.15) is 0 Å². The van der Waals surface area contributed by atoms with E-state index in [1.807, 2.05) is 5.51 Å². The standard InChI is InChI=1S/C14H18N2S/c1-10(2)12-4-6-13(7-5-12)15-8-14-11(3)16-9-17-14/h4-7,9-10,15H,8H2,1-3H3. The molecular formula is C14H18N2S. The van der Waals surface area contributed by atoms with Crippen molar-refractivity contribution >= 4 is 17.0 Å². The molecule has 0 saturated heterocycles. The van der Waals surface area contributed by atoms with Crippen molar-refractivity contribution in [3.8, 4) is 0 Å². The predicted octanol–water partition coefficient (Wildman–Crippen LogP) is 4.19. The van der Waals surface area contributed by atoms with Crippen LogP contribution >= 0.6 is 11.3 Å². The van der Waals surface area contributed by atoms with Crippen LogP contribution in [0.5, 0.6) is 0 Å². The van der Waals surface area contributed by atoms with Crippen LogP contribution in [0.1, 0.15) is 35.9 Å². The summed E-state index contributed by atoms with van der Waals surface area (Å²) in [6.07, 6.45) is 0. The third-order valence-electron chi connectivity index (χ3n) is 2.88. The first kappa shape index (κ1) is 12.1. The number of anilines is 1. The maximum Gasteiger partial charge on any atom is 0.0798 e. The van der Waals surface area contributed by atoms with E-state index >= 15 is 0 Å². The molecule has 2 aromatic rings. The molecule has 3 heteroatoms. The van der Waals surface area contributed by atoms with Crippen molar-refractivity contribution in [2.45, 2.75) is 33.2 Å². The van der Waals surface area contributed by atoms with Gasteiger partial charge >= 0.3 is 0 Å². The van der Waals surface area contributed by atoms with Crippen molar-refractivity contribution in [2.24, 2.45) is 0 Å². The summed E-state index contributed by atoms with van der Waals surface area (Å²) in [4.78, 5) is 5.55. The van der Waals surface area contributed by atoms with Gasteiger partial charge in [-0.3, -0.25) is 0 Å². The van der Waals surface area contributed by atoms with Gasteiger partial charge in [0.2, 0.25) is 0 Å². The molecule has 1 aromatic carbocycles. The van der Waals surface area contributed by atoms with E-state index in [4.69, 9.17) is 0 Å². The molecule has 0 amide bonds. The Hall–Kier alpha value is -1.35. The number of aromatic nitrogens is 1. The van der Waals surface area contributed by atoms with Gasteiger partial charge in [0.15, 0.2) is 0 Å². The molecule has 1 heterocycles. The van der Waals surface area contributed by atoms with E-state index < -0.39 is 0 Å². The molecule has 0 saturated carbocycles. The van der Waals surface area contributed by atoms with Gasteiger partial charge in [0.05, 0.1) is 17.7 Å². The fourth-order valence-electron chi connectivity index (χ4n) is 1.66. The van der Waals surface area contributed by atoms with Crippen LogP contribution in [-0.4, -0.2) is 4.98 Å². The van der Waals surface area contributed by atoms with Gasteiger partial charge in [-0.15, -0.1) is 11.3 Å². The molecule has 0 spiro atoms. The number of rotatable bonds is 4. The number of nitrogens with one attached hydrogen (secondary N) is 1. The van der Waals surface area contributed by atoms with Gasteiger partial charge in [-0.1, -0.05) is 26.0 Å². The monoisotopic (exact) mass is 246 g/mol. The zero-order chi connectivity index (χ0) is 12.3. The molecule has 17 heavy (non-hydrogen) atoms. The Morgan fingerprint density at radius 2 is 1.94 bits per heavy atom. The van der Waals surface area contributed by atoms with Crippen LogP contribution in [-0.2, 0) is 6.54 Å². The summed E-state index contributed by atoms with van der Waals surface area (Å²) >= 11 is 1.70. The van der Waals surface area contributed by atoms with Gasteiger partial charge in [0, 0.05) is 10.6 Å². The summed E-state index contributed by atoms with van der Waals surface area (Å²) in [6, 6.07) is 8.66. The Morgan fingerprint density at radius 3 is 2.47 bits per heavy atom. The Labute approximate surface area is 107 Å². The normalized spacial score (nSPS) is 10.8. The lowest BCUT2D eigenvalue weighted by Crippen LogP contribution is -1.99. The maximum atomic E-state index is 4.24. The van der Waals surface area contributed by atoms with E-state index in [1.165, 1.54) is 16.1 Å². The summed E-state index contributed by atoms with van der Waals surface area (Å²) in [7, 11) is 0. The first-order valence-corrected chi connectivity index (χ1v) is 6.77. The minimum Gasteiger partial charge on any atom is -0.380 e. The molecule has 2 nitrogen and oxygen atoms in total. The van der Waals surface area contributed by atoms with Crippen LogP contribution in [0.3, 0.4) is 0 Å². The van der Waals surface area contributed by atoms with Crippen molar-refractivity contribution in [2.75, 3.05) is 5.32 Å². The Bertz CT molecular complexity index is 471. The zero-order valence-electron chi connectivity index (χ0n) is 10.5. The van der Waals surface area contributed by atoms with Crippen LogP contribution in [0.25, 0.3) is 0 Å². The molecule has 0 aliphatic rings. The second-order valence-corrected chi connectivity index (χ2v) is 5.43. The summed E-state index contributed by atoms with van der Waals surface area (Å²) in [5, 5.41) is 3.42. The fourth-order valence-corrected chi connectivity index (χ4v) is 2.38. The van der Waals surface area contributed by atoms with Crippen LogP contribution in [0.4, 0.5) is 5.69 Å². The summed E-state index contributed by atoms with van der Waals surface area (Å²) in [6.45, 7) is 7.33. The minimum atomic E-state index is 0.591. The Morgan fingerprint density at radius 1 is 1.24 bits per heavy atom. The molecule has 1 N–H and O–H groups in total. The smallest absolute Gasteiger partial charge is 0.0798 e. The van der Waals surface area contributed by atoms with Gasteiger partial charge in [-0.25, -0.2) is 4.98 Å². The summed E-state index contributed by atoms with van der Waals surface area (Å²) < 4.78 is 0. The quantitative estimate of drug-likeness (QED) is 0.875. The number of thiazole rings is 1. The third-order valence-corrected chi connectivity index (χ3v) is 3.81. The van der Waals surface area contributed by atoms with Crippen LogP contribution in [0.2, 0.25) is 0 Å². The first-order chi connectivity index (χ1) is 8.16. The lowest BCUT2D eigenvalue weighted by atomic mass is 10.0.